The van der Waals surface area contributed by atoms with Crippen LogP contribution in [0.15, 0.2) is 41.4 Å². The standard InChI is InChI=1S/C14H8ClF3N2O4/c15-9-5-8(13(21)12(6-9)20(22)23)7-19-10-1-3-11(4-2-10)24-14(16,17)18/h1-7,21H/p-1. The summed E-state index contributed by atoms with van der Waals surface area (Å²) in [6.45, 7) is 0. The Morgan fingerprint density at radius 1 is 1.21 bits per heavy atom. The molecule has 0 saturated heterocycles. The third-order valence-electron chi connectivity index (χ3n) is 2.68. The fourth-order valence-electron chi connectivity index (χ4n) is 1.71. The maximum atomic E-state index is 12.0. The van der Waals surface area contributed by atoms with Gasteiger partial charge in [-0.25, -0.2) is 0 Å². The molecule has 126 valence electrons. The van der Waals surface area contributed by atoms with E-state index in [2.05, 4.69) is 9.73 Å². The van der Waals surface area contributed by atoms with Crippen molar-refractivity contribution >= 4 is 29.2 Å². The van der Waals surface area contributed by atoms with Gasteiger partial charge in [0.15, 0.2) is 0 Å². The molecule has 2 aromatic rings. The minimum atomic E-state index is -4.80. The summed E-state index contributed by atoms with van der Waals surface area (Å²) in [4.78, 5) is 13.8. The van der Waals surface area contributed by atoms with Gasteiger partial charge in [0.1, 0.15) is 5.75 Å². The summed E-state index contributed by atoms with van der Waals surface area (Å²) < 4.78 is 39.8. The van der Waals surface area contributed by atoms with Gasteiger partial charge in [0.2, 0.25) is 0 Å². The van der Waals surface area contributed by atoms with Gasteiger partial charge in [-0.1, -0.05) is 11.6 Å². The molecule has 0 spiro atoms. The van der Waals surface area contributed by atoms with Crippen molar-refractivity contribution in [2.75, 3.05) is 0 Å². The van der Waals surface area contributed by atoms with Gasteiger partial charge < -0.3 is 9.84 Å². The number of aliphatic imine (C=N–C) groups is 1. The van der Waals surface area contributed by atoms with E-state index in [0.717, 1.165) is 24.4 Å². The number of hydrogen-bond acceptors (Lipinski definition) is 5. The molecular weight excluding hydrogens is 353 g/mol. The van der Waals surface area contributed by atoms with E-state index in [1.54, 1.807) is 0 Å². The first-order valence-corrected chi connectivity index (χ1v) is 6.58. The Hall–Kier alpha value is -2.81. The Labute approximate surface area is 137 Å². The van der Waals surface area contributed by atoms with Crippen molar-refractivity contribution in [1.82, 2.24) is 0 Å². The highest BCUT2D eigenvalue weighted by Crippen LogP contribution is 2.30. The van der Waals surface area contributed by atoms with E-state index >= 15 is 0 Å². The number of nitro groups is 1. The SMILES string of the molecule is O=[N+]([O-])c1cc(Cl)cc(C=Nc2ccc(OC(F)(F)F)cc2)c1[O-]. The molecular formula is C14H7ClF3N2O4-. The number of hydrogen-bond donors (Lipinski definition) is 0. The van der Waals surface area contributed by atoms with Crippen molar-refractivity contribution in [1.29, 1.82) is 0 Å². The molecule has 0 N–H and O–H groups in total. The van der Waals surface area contributed by atoms with Crippen molar-refractivity contribution in [2.45, 2.75) is 6.36 Å². The fraction of sp³-hybridized carbons (Fsp3) is 0.0714. The van der Waals surface area contributed by atoms with E-state index in [9.17, 15) is 28.4 Å². The van der Waals surface area contributed by atoms with Crippen molar-refractivity contribution in [3.8, 4) is 11.5 Å². The first kappa shape index (κ1) is 17.5. The Morgan fingerprint density at radius 2 is 1.83 bits per heavy atom. The van der Waals surface area contributed by atoms with Gasteiger partial charge in [-0.05, 0) is 41.6 Å². The monoisotopic (exact) mass is 359 g/mol. The molecule has 0 aliphatic carbocycles. The summed E-state index contributed by atoms with van der Waals surface area (Å²) in [5.74, 6) is -1.30. The van der Waals surface area contributed by atoms with Crippen molar-refractivity contribution in [3.05, 3.63) is 57.1 Å². The highest BCUT2D eigenvalue weighted by Gasteiger charge is 2.30. The number of benzene rings is 2. The molecule has 0 atom stereocenters. The molecule has 0 bridgehead atoms. The molecule has 0 radical (unpaired) electrons. The van der Waals surface area contributed by atoms with Gasteiger partial charge in [0, 0.05) is 17.3 Å². The zero-order valence-electron chi connectivity index (χ0n) is 11.6. The van der Waals surface area contributed by atoms with E-state index < -0.39 is 28.5 Å². The maximum Gasteiger partial charge on any atom is 0.573 e. The Bertz CT molecular complexity index is 792. The average Bonchev–Trinajstić information content (AvgIpc) is 2.47. The minimum Gasteiger partial charge on any atom is -0.867 e. The lowest BCUT2D eigenvalue weighted by Gasteiger charge is -2.11. The lowest BCUT2D eigenvalue weighted by molar-refractivity contribution is -0.398. The Balaban J connectivity index is 2.24. The summed E-state index contributed by atoms with van der Waals surface area (Å²) >= 11 is 5.70. The number of rotatable bonds is 4. The fourth-order valence-corrected chi connectivity index (χ4v) is 1.93. The molecule has 2 rings (SSSR count). The third-order valence-corrected chi connectivity index (χ3v) is 2.90. The smallest absolute Gasteiger partial charge is 0.573 e. The van der Waals surface area contributed by atoms with E-state index in [1.165, 1.54) is 18.2 Å². The van der Waals surface area contributed by atoms with E-state index in [0.29, 0.717) is 0 Å². The van der Waals surface area contributed by atoms with Gasteiger partial charge in [-0.3, -0.25) is 15.1 Å². The summed E-state index contributed by atoms with van der Waals surface area (Å²) in [7, 11) is 0. The summed E-state index contributed by atoms with van der Waals surface area (Å²) in [6, 6.07) is 6.64. The molecule has 0 saturated carbocycles. The Morgan fingerprint density at radius 3 is 2.38 bits per heavy atom. The normalized spacial score (nSPS) is 11.7. The van der Waals surface area contributed by atoms with Crippen molar-refractivity contribution in [2.24, 2.45) is 4.99 Å². The zero-order chi connectivity index (χ0) is 17.9. The lowest BCUT2D eigenvalue weighted by Crippen LogP contribution is -2.16. The van der Waals surface area contributed by atoms with Crippen LogP contribution in [0, 0.1) is 10.1 Å². The van der Waals surface area contributed by atoms with Crippen molar-refractivity contribution in [3.63, 3.8) is 0 Å². The van der Waals surface area contributed by atoms with E-state index in [4.69, 9.17) is 11.6 Å². The molecule has 0 amide bonds. The van der Waals surface area contributed by atoms with Gasteiger partial charge >= 0.3 is 6.36 Å². The van der Waals surface area contributed by atoms with Crippen LogP contribution >= 0.6 is 11.6 Å². The number of ether oxygens (including phenoxy) is 1. The molecule has 0 fully saturated rings. The topological polar surface area (TPSA) is 87.8 Å². The molecule has 6 nitrogen and oxygen atoms in total. The molecule has 24 heavy (non-hydrogen) atoms. The third kappa shape index (κ3) is 4.59. The summed E-state index contributed by atoms with van der Waals surface area (Å²) in [5.41, 5.74) is -0.603. The van der Waals surface area contributed by atoms with Crippen LogP contribution in [0.1, 0.15) is 5.56 Å². The average molecular weight is 360 g/mol. The quantitative estimate of drug-likeness (QED) is 0.469. The van der Waals surface area contributed by atoms with Crippen LogP contribution in [0.4, 0.5) is 24.5 Å². The van der Waals surface area contributed by atoms with E-state index in [-0.39, 0.29) is 16.3 Å². The predicted octanol–water partition coefficient (Wildman–Crippen LogP) is 3.97. The van der Waals surface area contributed by atoms with Crippen LogP contribution in [-0.4, -0.2) is 17.5 Å². The molecule has 0 heterocycles. The molecule has 2 aromatic carbocycles. The van der Waals surface area contributed by atoms with Crippen molar-refractivity contribution < 1.29 is 27.9 Å². The number of alkyl halides is 3. The summed E-state index contributed by atoms with van der Waals surface area (Å²) in [5, 5.41) is 22.6. The Kier molecular flexibility index (Phi) is 4.93. The first-order chi connectivity index (χ1) is 11.2. The molecule has 0 aliphatic heterocycles. The van der Waals surface area contributed by atoms with Crippen LogP contribution in [0.5, 0.6) is 11.5 Å². The number of halogens is 4. The first-order valence-electron chi connectivity index (χ1n) is 6.20. The minimum absolute atomic E-state index is 0.0170. The second kappa shape index (κ2) is 6.75. The molecule has 10 heteroatoms. The van der Waals surface area contributed by atoms with Crippen LogP contribution < -0.4 is 9.84 Å². The number of nitro benzene ring substituents is 1. The van der Waals surface area contributed by atoms with E-state index in [1.807, 2.05) is 0 Å². The largest absolute Gasteiger partial charge is 0.867 e. The second-order valence-electron chi connectivity index (χ2n) is 4.40. The summed E-state index contributed by atoms with van der Waals surface area (Å²) in [6.07, 6.45) is -3.76. The van der Waals surface area contributed by atoms with Gasteiger partial charge in [-0.2, -0.15) is 0 Å². The number of nitrogens with zero attached hydrogens (tertiary/aromatic N) is 2. The van der Waals surface area contributed by atoms with Gasteiger partial charge in [0.25, 0.3) is 5.69 Å². The predicted molar refractivity (Wildman–Crippen MR) is 77.9 cm³/mol. The van der Waals surface area contributed by atoms with Gasteiger partial charge in [0.05, 0.1) is 10.6 Å². The molecule has 0 aliphatic rings. The van der Waals surface area contributed by atoms with Crippen LogP contribution in [0.3, 0.4) is 0 Å². The van der Waals surface area contributed by atoms with Crippen LogP contribution in [-0.2, 0) is 0 Å². The van der Waals surface area contributed by atoms with Crippen LogP contribution in [0.2, 0.25) is 5.02 Å². The lowest BCUT2D eigenvalue weighted by atomic mass is 10.2. The zero-order valence-corrected chi connectivity index (χ0v) is 12.3. The van der Waals surface area contributed by atoms with Gasteiger partial charge in [-0.15, -0.1) is 13.2 Å². The highest BCUT2D eigenvalue weighted by atomic mass is 35.5. The van der Waals surface area contributed by atoms with Crippen LogP contribution in [0.25, 0.3) is 0 Å². The second-order valence-corrected chi connectivity index (χ2v) is 4.84. The molecule has 0 aromatic heterocycles. The molecule has 0 unspecified atom stereocenters. The maximum absolute atomic E-state index is 12.0. The highest BCUT2D eigenvalue weighted by molar-refractivity contribution is 6.31.